The zero-order chi connectivity index (χ0) is 20.1. The van der Waals surface area contributed by atoms with Crippen molar-refractivity contribution in [3.63, 3.8) is 0 Å². The number of hydrogen-bond acceptors (Lipinski definition) is 3. The number of nitrogens with one attached hydrogen (secondary N) is 1. The summed E-state index contributed by atoms with van der Waals surface area (Å²) in [5.41, 5.74) is 2.50. The van der Waals surface area contributed by atoms with Gasteiger partial charge in [0.15, 0.2) is 0 Å². The molecule has 1 amide bonds. The summed E-state index contributed by atoms with van der Waals surface area (Å²) in [5, 5.41) is 2.77. The first-order valence-corrected chi connectivity index (χ1v) is 9.42. The molecular weight excluding hydrogens is 364 g/mol. The van der Waals surface area contributed by atoms with Gasteiger partial charge in [0.1, 0.15) is 11.5 Å². The molecule has 0 saturated heterocycles. The number of benzene rings is 2. The van der Waals surface area contributed by atoms with E-state index >= 15 is 0 Å². The van der Waals surface area contributed by atoms with Gasteiger partial charge in [0.25, 0.3) is 0 Å². The molecule has 4 nitrogen and oxygen atoms in total. The second kappa shape index (κ2) is 8.59. The average molecular weight is 389 g/mol. The minimum absolute atomic E-state index is 0.0691. The lowest BCUT2D eigenvalue weighted by Crippen LogP contribution is -2.27. The molecule has 3 rings (SSSR count). The summed E-state index contributed by atoms with van der Waals surface area (Å²) in [4.78, 5) is 11.3. The molecule has 28 heavy (non-hydrogen) atoms. The molecule has 2 aromatic carbocycles. The molecule has 1 aliphatic carbocycles. The predicted molar refractivity (Wildman–Crippen MR) is 105 cm³/mol. The van der Waals surface area contributed by atoms with Crippen molar-refractivity contribution >= 4 is 11.6 Å². The SMILES string of the molecule is COc1cc(OCC2CCC(F)(F)CC2)cc(-c2cccc(NC(C)=O)c2)c1. The van der Waals surface area contributed by atoms with Gasteiger partial charge in [-0.05, 0) is 54.2 Å². The Morgan fingerprint density at radius 2 is 1.82 bits per heavy atom. The van der Waals surface area contributed by atoms with E-state index in [-0.39, 0.29) is 24.7 Å². The summed E-state index contributed by atoms with van der Waals surface area (Å²) >= 11 is 0. The highest BCUT2D eigenvalue weighted by molar-refractivity contribution is 5.89. The van der Waals surface area contributed by atoms with Gasteiger partial charge in [-0.3, -0.25) is 4.79 Å². The monoisotopic (exact) mass is 389 g/mol. The molecule has 0 aliphatic heterocycles. The maximum Gasteiger partial charge on any atom is 0.248 e. The van der Waals surface area contributed by atoms with Crippen LogP contribution in [0.3, 0.4) is 0 Å². The zero-order valence-corrected chi connectivity index (χ0v) is 16.1. The molecule has 0 spiro atoms. The molecule has 1 aliphatic rings. The molecule has 0 aromatic heterocycles. The molecule has 1 fully saturated rings. The highest BCUT2D eigenvalue weighted by Gasteiger charge is 2.35. The van der Waals surface area contributed by atoms with Crippen molar-refractivity contribution in [3.05, 3.63) is 42.5 Å². The van der Waals surface area contributed by atoms with Crippen LogP contribution < -0.4 is 14.8 Å². The van der Waals surface area contributed by atoms with Crippen LogP contribution in [0.5, 0.6) is 11.5 Å². The van der Waals surface area contributed by atoms with Gasteiger partial charge >= 0.3 is 0 Å². The number of halogens is 2. The minimum Gasteiger partial charge on any atom is -0.497 e. The molecule has 1 N–H and O–H groups in total. The van der Waals surface area contributed by atoms with Crippen molar-refractivity contribution in [1.82, 2.24) is 0 Å². The molecule has 0 bridgehead atoms. The minimum atomic E-state index is -2.53. The number of carbonyl (C=O) groups is 1. The number of ether oxygens (including phenoxy) is 2. The van der Waals surface area contributed by atoms with Crippen LogP contribution in [0.25, 0.3) is 11.1 Å². The van der Waals surface area contributed by atoms with Crippen molar-refractivity contribution in [2.24, 2.45) is 5.92 Å². The van der Waals surface area contributed by atoms with E-state index in [9.17, 15) is 13.6 Å². The molecule has 0 atom stereocenters. The fourth-order valence-electron chi connectivity index (χ4n) is 3.40. The molecule has 0 radical (unpaired) electrons. The van der Waals surface area contributed by atoms with Crippen LogP contribution in [-0.4, -0.2) is 25.5 Å². The Morgan fingerprint density at radius 1 is 1.11 bits per heavy atom. The summed E-state index contributed by atoms with van der Waals surface area (Å²) in [5.74, 6) is -1.25. The number of methoxy groups -OCH3 is 1. The maximum absolute atomic E-state index is 13.3. The van der Waals surface area contributed by atoms with Gasteiger partial charge in [-0.15, -0.1) is 0 Å². The Kier molecular flexibility index (Phi) is 6.17. The number of rotatable bonds is 6. The van der Waals surface area contributed by atoms with Gasteiger partial charge in [0, 0.05) is 31.5 Å². The maximum atomic E-state index is 13.3. The van der Waals surface area contributed by atoms with Crippen molar-refractivity contribution in [3.8, 4) is 22.6 Å². The Morgan fingerprint density at radius 3 is 2.50 bits per heavy atom. The molecular formula is C22H25F2NO3. The number of alkyl halides is 2. The van der Waals surface area contributed by atoms with Gasteiger partial charge in [0.2, 0.25) is 11.8 Å². The molecule has 2 aromatic rings. The van der Waals surface area contributed by atoms with Gasteiger partial charge in [-0.25, -0.2) is 8.78 Å². The van der Waals surface area contributed by atoms with Crippen LogP contribution in [0.15, 0.2) is 42.5 Å². The topological polar surface area (TPSA) is 47.6 Å². The lowest BCUT2D eigenvalue weighted by Gasteiger charge is -2.28. The molecule has 0 heterocycles. The first-order valence-electron chi connectivity index (χ1n) is 9.42. The normalized spacial score (nSPS) is 16.4. The van der Waals surface area contributed by atoms with Crippen LogP contribution in [0.4, 0.5) is 14.5 Å². The highest BCUT2D eigenvalue weighted by Crippen LogP contribution is 2.37. The summed E-state index contributed by atoms with van der Waals surface area (Å²) < 4.78 is 37.9. The Labute approximate surface area is 163 Å². The van der Waals surface area contributed by atoms with Crippen LogP contribution >= 0.6 is 0 Å². The second-order valence-corrected chi connectivity index (χ2v) is 7.27. The number of anilines is 1. The number of amides is 1. The third-order valence-corrected chi connectivity index (χ3v) is 4.95. The van der Waals surface area contributed by atoms with E-state index in [4.69, 9.17) is 9.47 Å². The highest BCUT2D eigenvalue weighted by atomic mass is 19.3. The van der Waals surface area contributed by atoms with Crippen molar-refractivity contribution in [2.45, 2.75) is 38.5 Å². The second-order valence-electron chi connectivity index (χ2n) is 7.27. The van der Waals surface area contributed by atoms with E-state index in [1.54, 1.807) is 13.2 Å². The lowest BCUT2D eigenvalue weighted by molar-refractivity contribution is -0.114. The Hall–Kier alpha value is -2.63. The van der Waals surface area contributed by atoms with E-state index < -0.39 is 5.92 Å². The number of hydrogen-bond donors (Lipinski definition) is 1. The fraction of sp³-hybridized carbons (Fsp3) is 0.409. The van der Waals surface area contributed by atoms with Crippen LogP contribution in [0, 0.1) is 5.92 Å². The summed E-state index contributed by atoms with van der Waals surface area (Å²) in [6.07, 6.45) is 0.811. The Bertz CT molecular complexity index is 828. The van der Waals surface area contributed by atoms with Gasteiger partial charge < -0.3 is 14.8 Å². The Balaban J connectivity index is 1.74. The van der Waals surface area contributed by atoms with Crippen LogP contribution in [0.2, 0.25) is 0 Å². The standard InChI is InChI=1S/C22H25F2NO3/c1-15(26)25-19-5-3-4-17(10-19)18-11-20(27-2)13-21(12-18)28-14-16-6-8-22(23,24)9-7-16/h3-5,10-13,16H,6-9,14H2,1-2H3,(H,25,26). The van der Waals surface area contributed by atoms with E-state index in [1.807, 2.05) is 36.4 Å². The van der Waals surface area contributed by atoms with Crippen LogP contribution in [-0.2, 0) is 4.79 Å². The molecule has 6 heteroatoms. The predicted octanol–water partition coefficient (Wildman–Crippen LogP) is 5.52. The fourth-order valence-corrected chi connectivity index (χ4v) is 3.40. The first kappa shape index (κ1) is 20.1. The molecule has 150 valence electrons. The molecule has 1 saturated carbocycles. The lowest BCUT2D eigenvalue weighted by atomic mass is 9.87. The number of carbonyl (C=O) groups excluding carboxylic acids is 1. The smallest absolute Gasteiger partial charge is 0.248 e. The van der Waals surface area contributed by atoms with Crippen molar-refractivity contribution in [1.29, 1.82) is 0 Å². The van der Waals surface area contributed by atoms with Gasteiger partial charge in [-0.1, -0.05) is 12.1 Å². The third-order valence-electron chi connectivity index (χ3n) is 4.95. The van der Waals surface area contributed by atoms with E-state index in [2.05, 4.69) is 5.32 Å². The van der Waals surface area contributed by atoms with E-state index in [0.29, 0.717) is 36.6 Å². The van der Waals surface area contributed by atoms with E-state index in [1.165, 1.54) is 6.92 Å². The zero-order valence-electron chi connectivity index (χ0n) is 16.1. The van der Waals surface area contributed by atoms with Crippen molar-refractivity contribution < 1.29 is 23.0 Å². The molecule has 0 unspecified atom stereocenters. The van der Waals surface area contributed by atoms with E-state index in [0.717, 1.165) is 11.1 Å². The van der Waals surface area contributed by atoms with Gasteiger partial charge in [0.05, 0.1) is 13.7 Å². The van der Waals surface area contributed by atoms with Gasteiger partial charge in [-0.2, -0.15) is 0 Å². The quantitative estimate of drug-likeness (QED) is 0.707. The third kappa shape index (κ3) is 5.44. The average Bonchev–Trinajstić information content (AvgIpc) is 2.66. The van der Waals surface area contributed by atoms with Crippen molar-refractivity contribution in [2.75, 3.05) is 19.0 Å². The largest absolute Gasteiger partial charge is 0.497 e. The van der Waals surface area contributed by atoms with Crippen LogP contribution in [0.1, 0.15) is 32.6 Å². The summed E-state index contributed by atoms with van der Waals surface area (Å²) in [6, 6.07) is 13.1. The summed E-state index contributed by atoms with van der Waals surface area (Å²) in [7, 11) is 1.58. The first-order chi connectivity index (χ1) is 13.3. The summed E-state index contributed by atoms with van der Waals surface area (Å²) in [6.45, 7) is 1.87.